The van der Waals surface area contributed by atoms with Gasteiger partial charge in [-0.15, -0.1) is 0 Å². The lowest BCUT2D eigenvalue weighted by Crippen LogP contribution is -2.28. The van der Waals surface area contributed by atoms with E-state index in [1.807, 2.05) is 24.3 Å². The van der Waals surface area contributed by atoms with Crippen LogP contribution in [-0.2, 0) is 4.79 Å². The van der Waals surface area contributed by atoms with Crippen LogP contribution in [0.25, 0.3) is 0 Å². The van der Waals surface area contributed by atoms with Crippen molar-refractivity contribution >= 4 is 27.5 Å². The predicted molar refractivity (Wildman–Crippen MR) is 77.6 cm³/mol. The third-order valence-electron chi connectivity index (χ3n) is 3.35. The van der Waals surface area contributed by atoms with Gasteiger partial charge in [-0.1, -0.05) is 22.0 Å². The zero-order valence-corrected chi connectivity index (χ0v) is 12.0. The van der Waals surface area contributed by atoms with Crippen LogP contribution in [0.15, 0.2) is 28.7 Å². The Hall–Kier alpha value is -0.870. The van der Waals surface area contributed by atoms with Crippen molar-refractivity contribution in [3.8, 4) is 0 Å². The van der Waals surface area contributed by atoms with Crippen LogP contribution in [0.1, 0.15) is 25.7 Å². The van der Waals surface area contributed by atoms with E-state index in [4.69, 9.17) is 0 Å². The maximum atomic E-state index is 11.8. The summed E-state index contributed by atoms with van der Waals surface area (Å²) in [5, 5.41) is 6.28. The van der Waals surface area contributed by atoms with Gasteiger partial charge in [0.15, 0.2) is 0 Å². The normalized spacial score (nSPS) is 16.5. The number of benzene rings is 1. The molecule has 2 N–H and O–H groups in total. The van der Waals surface area contributed by atoms with Crippen LogP contribution in [0.2, 0.25) is 0 Å². The van der Waals surface area contributed by atoms with Gasteiger partial charge in [-0.3, -0.25) is 4.79 Å². The second-order valence-corrected chi connectivity index (χ2v) is 5.71. The van der Waals surface area contributed by atoms with Crippen LogP contribution < -0.4 is 10.6 Å². The molecule has 0 aliphatic carbocycles. The lowest BCUT2D eigenvalue weighted by molar-refractivity contribution is -0.116. The minimum atomic E-state index is 0.117. The summed E-state index contributed by atoms with van der Waals surface area (Å²) in [6.07, 6.45) is 4.02. The SMILES string of the molecule is O=C(CCC1CCNCC1)Nc1cccc(Br)c1. The summed E-state index contributed by atoms with van der Waals surface area (Å²) in [6, 6.07) is 7.70. The quantitative estimate of drug-likeness (QED) is 0.897. The van der Waals surface area contributed by atoms with Crippen LogP contribution in [0.4, 0.5) is 5.69 Å². The molecule has 2 rings (SSSR count). The van der Waals surface area contributed by atoms with Gasteiger partial charge in [0.25, 0.3) is 0 Å². The van der Waals surface area contributed by atoms with Crippen LogP contribution in [0.5, 0.6) is 0 Å². The van der Waals surface area contributed by atoms with Gasteiger partial charge < -0.3 is 10.6 Å². The fraction of sp³-hybridized carbons (Fsp3) is 0.500. The fourth-order valence-electron chi connectivity index (χ4n) is 2.30. The molecule has 1 aromatic rings. The standard InChI is InChI=1S/C14H19BrN2O/c15-12-2-1-3-13(10-12)17-14(18)5-4-11-6-8-16-9-7-11/h1-3,10-11,16H,4-9H2,(H,17,18). The number of anilines is 1. The first kappa shape index (κ1) is 13.6. The second kappa shape index (κ2) is 6.90. The van der Waals surface area contributed by atoms with Gasteiger partial charge in [0.1, 0.15) is 0 Å². The van der Waals surface area contributed by atoms with Gasteiger partial charge in [0.2, 0.25) is 5.91 Å². The number of halogens is 1. The van der Waals surface area contributed by atoms with Crippen LogP contribution in [0.3, 0.4) is 0 Å². The van der Waals surface area contributed by atoms with Crippen molar-refractivity contribution in [1.82, 2.24) is 5.32 Å². The second-order valence-electron chi connectivity index (χ2n) is 4.79. The minimum Gasteiger partial charge on any atom is -0.326 e. The van der Waals surface area contributed by atoms with Gasteiger partial charge in [-0.2, -0.15) is 0 Å². The maximum absolute atomic E-state index is 11.8. The van der Waals surface area contributed by atoms with Gasteiger partial charge in [0.05, 0.1) is 0 Å². The molecule has 1 fully saturated rings. The lowest BCUT2D eigenvalue weighted by atomic mass is 9.93. The summed E-state index contributed by atoms with van der Waals surface area (Å²) in [5.74, 6) is 0.825. The van der Waals surface area contributed by atoms with Crippen molar-refractivity contribution < 1.29 is 4.79 Å². The first-order valence-corrected chi connectivity index (χ1v) is 7.29. The predicted octanol–water partition coefficient (Wildman–Crippen LogP) is 3.17. The first-order valence-electron chi connectivity index (χ1n) is 6.50. The summed E-state index contributed by atoms with van der Waals surface area (Å²) in [7, 11) is 0. The Labute approximate surface area is 116 Å². The third-order valence-corrected chi connectivity index (χ3v) is 3.84. The molecular formula is C14H19BrN2O. The number of rotatable bonds is 4. The molecule has 0 spiro atoms. The highest BCUT2D eigenvalue weighted by atomic mass is 79.9. The van der Waals surface area contributed by atoms with E-state index in [0.29, 0.717) is 12.3 Å². The molecule has 0 atom stereocenters. The van der Waals surface area contributed by atoms with Gasteiger partial charge in [-0.25, -0.2) is 0 Å². The molecule has 4 heteroatoms. The summed E-state index contributed by atoms with van der Waals surface area (Å²) in [4.78, 5) is 11.8. The Kier molecular flexibility index (Phi) is 5.20. The zero-order chi connectivity index (χ0) is 12.8. The molecule has 1 aliphatic rings. The van der Waals surface area contributed by atoms with Crippen LogP contribution in [-0.4, -0.2) is 19.0 Å². The molecule has 18 heavy (non-hydrogen) atoms. The van der Waals surface area contributed by atoms with Crippen molar-refractivity contribution in [2.75, 3.05) is 18.4 Å². The number of hydrogen-bond acceptors (Lipinski definition) is 2. The lowest BCUT2D eigenvalue weighted by Gasteiger charge is -2.22. The van der Waals surface area contributed by atoms with Gasteiger partial charge >= 0.3 is 0 Å². The van der Waals surface area contributed by atoms with Crippen molar-refractivity contribution in [3.05, 3.63) is 28.7 Å². The average molecular weight is 311 g/mol. The largest absolute Gasteiger partial charge is 0.326 e. The van der Waals surface area contributed by atoms with Crippen molar-refractivity contribution in [3.63, 3.8) is 0 Å². The monoisotopic (exact) mass is 310 g/mol. The summed E-state index contributed by atoms with van der Waals surface area (Å²) in [6.45, 7) is 2.19. The Balaban J connectivity index is 1.74. The maximum Gasteiger partial charge on any atom is 0.224 e. The van der Waals surface area contributed by atoms with E-state index in [1.54, 1.807) is 0 Å². The first-order chi connectivity index (χ1) is 8.74. The van der Waals surface area contributed by atoms with E-state index in [9.17, 15) is 4.79 Å². The Morgan fingerprint density at radius 2 is 2.17 bits per heavy atom. The molecule has 1 aliphatic heterocycles. The average Bonchev–Trinajstić information content (AvgIpc) is 2.38. The molecule has 1 saturated heterocycles. The smallest absolute Gasteiger partial charge is 0.224 e. The highest BCUT2D eigenvalue weighted by Crippen LogP contribution is 2.19. The summed E-state index contributed by atoms with van der Waals surface area (Å²) in [5.41, 5.74) is 0.861. The fourth-order valence-corrected chi connectivity index (χ4v) is 2.69. The molecule has 0 saturated carbocycles. The number of nitrogens with one attached hydrogen (secondary N) is 2. The third kappa shape index (κ3) is 4.42. The Morgan fingerprint density at radius 3 is 2.89 bits per heavy atom. The van der Waals surface area contributed by atoms with E-state index in [-0.39, 0.29) is 5.91 Å². The molecule has 98 valence electrons. The molecule has 1 aromatic carbocycles. The zero-order valence-electron chi connectivity index (χ0n) is 10.4. The van der Waals surface area contributed by atoms with Gasteiger partial charge in [0, 0.05) is 16.6 Å². The van der Waals surface area contributed by atoms with E-state index in [1.165, 1.54) is 12.8 Å². The van der Waals surface area contributed by atoms with Gasteiger partial charge in [-0.05, 0) is 56.5 Å². The van der Waals surface area contributed by atoms with Crippen LogP contribution >= 0.6 is 15.9 Å². The number of hydrogen-bond donors (Lipinski definition) is 2. The topological polar surface area (TPSA) is 41.1 Å². The van der Waals surface area contributed by atoms with E-state index in [0.717, 1.165) is 29.7 Å². The van der Waals surface area contributed by atoms with Crippen molar-refractivity contribution in [2.24, 2.45) is 5.92 Å². The van der Waals surface area contributed by atoms with E-state index < -0.39 is 0 Å². The molecule has 0 unspecified atom stereocenters. The highest BCUT2D eigenvalue weighted by Gasteiger charge is 2.14. The minimum absolute atomic E-state index is 0.117. The highest BCUT2D eigenvalue weighted by molar-refractivity contribution is 9.10. The van der Waals surface area contributed by atoms with Crippen LogP contribution in [0, 0.1) is 5.92 Å². The molecule has 1 amide bonds. The number of carbonyl (C=O) groups excluding carboxylic acids is 1. The number of piperidine rings is 1. The number of amides is 1. The molecule has 0 radical (unpaired) electrons. The number of carbonyl (C=O) groups is 1. The van der Waals surface area contributed by atoms with E-state index in [2.05, 4.69) is 26.6 Å². The van der Waals surface area contributed by atoms with Crippen molar-refractivity contribution in [2.45, 2.75) is 25.7 Å². The summed E-state index contributed by atoms with van der Waals surface area (Å²) < 4.78 is 0.985. The molecular weight excluding hydrogens is 292 g/mol. The Bertz CT molecular complexity index is 403. The Morgan fingerprint density at radius 1 is 1.39 bits per heavy atom. The molecule has 3 nitrogen and oxygen atoms in total. The van der Waals surface area contributed by atoms with Crippen molar-refractivity contribution in [1.29, 1.82) is 0 Å². The molecule has 0 aromatic heterocycles. The molecule has 0 bridgehead atoms. The summed E-state index contributed by atoms with van der Waals surface area (Å²) >= 11 is 3.40. The van der Waals surface area contributed by atoms with E-state index >= 15 is 0 Å². The molecule has 1 heterocycles.